The Labute approximate surface area is 140 Å². The Balaban J connectivity index is 2.08. The van der Waals surface area contributed by atoms with Gasteiger partial charge < -0.3 is 15.5 Å². The van der Waals surface area contributed by atoms with Gasteiger partial charge in [-0.2, -0.15) is 5.10 Å². The highest BCUT2D eigenvalue weighted by Crippen LogP contribution is 2.23. The molecule has 0 aliphatic carbocycles. The maximum atomic E-state index is 9.82. The number of phenolic OH excluding ortho intramolecular Hbond substituents is 2. The van der Waals surface area contributed by atoms with Crippen LogP contribution in [0.2, 0.25) is 0 Å². The molecule has 4 N–H and O–H groups in total. The molecule has 0 saturated heterocycles. The van der Waals surface area contributed by atoms with Crippen LogP contribution in [-0.4, -0.2) is 21.0 Å². The van der Waals surface area contributed by atoms with Crippen molar-refractivity contribution in [2.45, 2.75) is 20.8 Å². The van der Waals surface area contributed by atoms with E-state index in [0.717, 1.165) is 16.8 Å². The van der Waals surface area contributed by atoms with Crippen molar-refractivity contribution in [3.63, 3.8) is 0 Å². The van der Waals surface area contributed by atoms with Gasteiger partial charge in [0.1, 0.15) is 11.5 Å². The Morgan fingerprint density at radius 3 is 2.35 bits per heavy atom. The molecule has 120 valence electrons. The molecule has 0 amide bonds. The fourth-order valence-electron chi connectivity index (χ4n) is 2.17. The highest BCUT2D eigenvalue weighted by molar-refractivity contribution is 7.80. The molecule has 0 heterocycles. The van der Waals surface area contributed by atoms with E-state index >= 15 is 0 Å². The summed E-state index contributed by atoms with van der Waals surface area (Å²) >= 11 is 5.25. The second-order valence-electron chi connectivity index (χ2n) is 5.23. The molecule has 6 heteroatoms. The minimum absolute atomic E-state index is 0.000718. The van der Waals surface area contributed by atoms with Gasteiger partial charge in [0.25, 0.3) is 0 Å². The van der Waals surface area contributed by atoms with E-state index in [4.69, 9.17) is 12.2 Å². The molecule has 0 spiro atoms. The van der Waals surface area contributed by atoms with Crippen LogP contribution in [0.15, 0.2) is 41.5 Å². The van der Waals surface area contributed by atoms with E-state index < -0.39 is 0 Å². The summed E-state index contributed by atoms with van der Waals surface area (Å²) in [5.74, 6) is -0.0408. The molecule has 0 atom stereocenters. The molecule has 0 aromatic heterocycles. The van der Waals surface area contributed by atoms with Crippen molar-refractivity contribution < 1.29 is 10.2 Å². The van der Waals surface area contributed by atoms with Gasteiger partial charge in [-0.25, -0.2) is 0 Å². The second kappa shape index (κ2) is 7.11. The minimum Gasteiger partial charge on any atom is -0.508 e. The first kappa shape index (κ1) is 16.8. The van der Waals surface area contributed by atoms with Crippen LogP contribution in [0.4, 0.5) is 5.69 Å². The molecule has 2 rings (SSSR count). The number of aryl methyl sites for hydroxylation is 2. The maximum absolute atomic E-state index is 9.82. The minimum atomic E-state index is -0.0401. The molecule has 0 aliphatic rings. The van der Waals surface area contributed by atoms with Crippen molar-refractivity contribution in [2.75, 3.05) is 5.32 Å². The normalized spacial score (nSPS) is 11.2. The van der Waals surface area contributed by atoms with E-state index in [1.807, 2.05) is 32.0 Å². The molecule has 5 nitrogen and oxygen atoms in total. The number of anilines is 1. The van der Waals surface area contributed by atoms with Gasteiger partial charge in [-0.05, 0) is 56.2 Å². The quantitative estimate of drug-likeness (QED) is 0.394. The molecule has 0 saturated carbocycles. The number of hydrogen-bond acceptors (Lipinski definition) is 4. The third-order valence-corrected chi connectivity index (χ3v) is 3.61. The van der Waals surface area contributed by atoms with Crippen LogP contribution >= 0.6 is 12.2 Å². The summed E-state index contributed by atoms with van der Waals surface area (Å²) in [6.07, 6.45) is 0. The maximum Gasteiger partial charge on any atom is 0.191 e. The Hall–Kier alpha value is -2.60. The SMILES string of the molecule is C/C(=N\NC(=S)Nc1c(C)cccc1C)c1ccc(O)cc1O. The van der Waals surface area contributed by atoms with E-state index in [1.165, 1.54) is 12.1 Å². The molecule has 2 aromatic carbocycles. The first-order valence-electron chi connectivity index (χ1n) is 7.08. The number of thiocarbonyl (C=S) groups is 1. The molecule has 0 fully saturated rings. The Bertz CT molecular complexity index is 752. The van der Waals surface area contributed by atoms with Gasteiger partial charge >= 0.3 is 0 Å². The molecule has 0 radical (unpaired) electrons. The third-order valence-electron chi connectivity index (χ3n) is 3.42. The summed E-state index contributed by atoms with van der Waals surface area (Å²) in [4.78, 5) is 0. The fourth-order valence-corrected chi connectivity index (χ4v) is 2.32. The summed E-state index contributed by atoms with van der Waals surface area (Å²) < 4.78 is 0. The molecule has 0 aliphatic heterocycles. The highest BCUT2D eigenvalue weighted by Gasteiger charge is 2.07. The lowest BCUT2D eigenvalue weighted by atomic mass is 10.1. The first-order chi connectivity index (χ1) is 10.9. The Morgan fingerprint density at radius 1 is 1.09 bits per heavy atom. The van der Waals surface area contributed by atoms with Crippen LogP contribution in [0.5, 0.6) is 11.5 Å². The number of hydrogen-bond donors (Lipinski definition) is 4. The predicted molar refractivity (Wildman–Crippen MR) is 97.3 cm³/mol. The van der Waals surface area contributed by atoms with Gasteiger partial charge in [0.2, 0.25) is 0 Å². The van der Waals surface area contributed by atoms with Gasteiger partial charge in [-0.1, -0.05) is 18.2 Å². The monoisotopic (exact) mass is 329 g/mol. The van der Waals surface area contributed by atoms with E-state index in [1.54, 1.807) is 13.0 Å². The first-order valence-corrected chi connectivity index (χ1v) is 7.49. The highest BCUT2D eigenvalue weighted by atomic mass is 32.1. The van der Waals surface area contributed by atoms with Crippen LogP contribution in [0.25, 0.3) is 0 Å². The summed E-state index contributed by atoms with van der Waals surface area (Å²) in [6.45, 7) is 5.74. The van der Waals surface area contributed by atoms with Crippen LogP contribution < -0.4 is 10.7 Å². The van der Waals surface area contributed by atoms with Gasteiger partial charge in [-0.15, -0.1) is 0 Å². The average molecular weight is 329 g/mol. The van der Waals surface area contributed by atoms with E-state index in [2.05, 4.69) is 15.8 Å². The second-order valence-corrected chi connectivity index (χ2v) is 5.64. The molecule has 2 aromatic rings. The van der Waals surface area contributed by atoms with Gasteiger partial charge in [0.05, 0.1) is 5.71 Å². The number of nitrogens with one attached hydrogen (secondary N) is 2. The number of rotatable bonds is 3. The summed E-state index contributed by atoms with van der Waals surface area (Å²) in [5.41, 5.74) is 6.96. The van der Waals surface area contributed by atoms with Crippen molar-refractivity contribution in [1.29, 1.82) is 0 Å². The number of benzene rings is 2. The van der Waals surface area contributed by atoms with Crippen LogP contribution in [0.1, 0.15) is 23.6 Å². The van der Waals surface area contributed by atoms with Gasteiger partial charge in [0.15, 0.2) is 5.11 Å². The van der Waals surface area contributed by atoms with Gasteiger partial charge in [0, 0.05) is 17.3 Å². The predicted octanol–water partition coefficient (Wildman–Crippen LogP) is 3.43. The van der Waals surface area contributed by atoms with Crippen molar-refractivity contribution in [3.05, 3.63) is 53.1 Å². The van der Waals surface area contributed by atoms with Crippen LogP contribution in [0.3, 0.4) is 0 Å². The standard InChI is InChI=1S/C17H19N3O2S/c1-10-5-4-6-11(2)16(10)18-17(23)20-19-12(3)14-8-7-13(21)9-15(14)22/h4-9,21-22H,1-3H3,(H2,18,20,23)/b19-12+. The summed E-state index contributed by atoms with van der Waals surface area (Å²) in [7, 11) is 0. The van der Waals surface area contributed by atoms with Gasteiger partial charge in [-0.3, -0.25) is 5.43 Å². The van der Waals surface area contributed by atoms with Crippen LogP contribution in [-0.2, 0) is 0 Å². The number of para-hydroxylation sites is 1. The lowest BCUT2D eigenvalue weighted by molar-refractivity contribution is 0.450. The van der Waals surface area contributed by atoms with E-state index in [9.17, 15) is 10.2 Å². The lowest BCUT2D eigenvalue weighted by Crippen LogP contribution is -2.25. The van der Waals surface area contributed by atoms with E-state index in [-0.39, 0.29) is 11.5 Å². The van der Waals surface area contributed by atoms with Crippen molar-refractivity contribution in [3.8, 4) is 11.5 Å². The number of aromatic hydroxyl groups is 2. The molecular weight excluding hydrogens is 310 g/mol. The fraction of sp³-hybridized carbons (Fsp3) is 0.176. The van der Waals surface area contributed by atoms with Crippen molar-refractivity contribution in [2.24, 2.45) is 5.10 Å². The molecule has 23 heavy (non-hydrogen) atoms. The third kappa shape index (κ3) is 4.20. The molecule has 0 bridgehead atoms. The number of hydrazone groups is 1. The lowest BCUT2D eigenvalue weighted by Gasteiger charge is -2.13. The largest absolute Gasteiger partial charge is 0.508 e. The Morgan fingerprint density at radius 2 is 1.74 bits per heavy atom. The summed E-state index contributed by atoms with van der Waals surface area (Å²) in [6, 6.07) is 10.3. The zero-order chi connectivity index (χ0) is 17.0. The molecular formula is C17H19N3O2S. The van der Waals surface area contributed by atoms with Crippen molar-refractivity contribution in [1.82, 2.24) is 5.43 Å². The van der Waals surface area contributed by atoms with Crippen LogP contribution in [0, 0.1) is 13.8 Å². The summed E-state index contributed by atoms with van der Waals surface area (Å²) in [5, 5.41) is 26.8. The zero-order valence-electron chi connectivity index (χ0n) is 13.2. The number of nitrogens with zero attached hydrogens (tertiary/aromatic N) is 1. The Kier molecular flexibility index (Phi) is 5.18. The van der Waals surface area contributed by atoms with Crippen molar-refractivity contribution >= 4 is 28.7 Å². The zero-order valence-corrected chi connectivity index (χ0v) is 14.0. The molecule has 0 unspecified atom stereocenters. The number of phenols is 2. The van der Waals surface area contributed by atoms with E-state index in [0.29, 0.717) is 16.4 Å². The topological polar surface area (TPSA) is 76.9 Å². The smallest absolute Gasteiger partial charge is 0.191 e. The average Bonchev–Trinajstić information content (AvgIpc) is 2.49.